The lowest BCUT2D eigenvalue weighted by Crippen LogP contribution is -2.10. The van der Waals surface area contributed by atoms with E-state index in [1.807, 2.05) is 19.1 Å². The standard InChI is InChI=1S/C9H11ClO2.C5H5Cl2N3O/c1-6-4-5-7(11-2)9(12-3)8(6)10;6-4-5(7)10-3(9-4)1-8-2-11/h4-5H,1-3H3;2H,1H2,(H,8,11)(H,9,10). The average Bonchev–Trinajstić information content (AvgIpc) is 2.86. The third-order valence-electron chi connectivity index (χ3n) is 2.70. The summed E-state index contributed by atoms with van der Waals surface area (Å²) in [7, 11) is 3.16. The van der Waals surface area contributed by atoms with Gasteiger partial charge in [-0.25, -0.2) is 4.98 Å². The van der Waals surface area contributed by atoms with Crippen LogP contribution in [0.2, 0.25) is 15.3 Å². The normalized spacial score (nSPS) is 9.65. The van der Waals surface area contributed by atoms with E-state index in [1.54, 1.807) is 14.2 Å². The lowest BCUT2D eigenvalue weighted by Gasteiger charge is -2.10. The minimum Gasteiger partial charge on any atom is -0.493 e. The Morgan fingerprint density at radius 1 is 1.26 bits per heavy atom. The van der Waals surface area contributed by atoms with E-state index in [0.717, 1.165) is 5.56 Å². The van der Waals surface area contributed by atoms with Crippen LogP contribution >= 0.6 is 34.8 Å². The molecule has 1 aromatic heterocycles. The zero-order valence-electron chi connectivity index (χ0n) is 12.7. The van der Waals surface area contributed by atoms with E-state index in [4.69, 9.17) is 44.3 Å². The van der Waals surface area contributed by atoms with Gasteiger partial charge in [0.05, 0.1) is 25.8 Å². The highest BCUT2D eigenvalue weighted by molar-refractivity contribution is 6.40. The minimum absolute atomic E-state index is 0.217. The zero-order valence-corrected chi connectivity index (χ0v) is 15.0. The maximum Gasteiger partial charge on any atom is 0.207 e. The van der Waals surface area contributed by atoms with Crippen LogP contribution in [-0.4, -0.2) is 30.6 Å². The number of nitrogens with zero attached hydrogens (tertiary/aromatic N) is 1. The molecule has 9 heteroatoms. The van der Waals surface area contributed by atoms with Crippen LogP contribution in [0, 0.1) is 6.92 Å². The Labute approximate surface area is 149 Å². The molecule has 0 aliphatic carbocycles. The largest absolute Gasteiger partial charge is 0.493 e. The SMILES string of the molecule is COc1ccc(C)c(Cl)c1OC.O=CNCc1nc(Cl)c(Cl)[nH]1. The first kappa shape index (κ1) is 19.4. The lowest BCUT2D eigenvalue weighted by molar-refractivity contribution is -0.109. The minimum atomic E-state index is 0.217. The molecule has 1 amide bonds. The number of nitrogens with one attached hydrogen (secondary N) is 2. The number of hydrogen-bond acceptors (Lipinski definition) is 4. The van der Waals surface area contributed by atoms with E-state index in [0.29, 0.717) is 35.3 Å². The molecule has 0 aliphatic heterocycles. The van der Waals surface area contributed by atoms with Crippen molar-refractivity contribution in [2.45, 2.75) is 13.5 Å². The summed E-state index contributed by atoms with van der Waals surface area (Å²) in [5, 5.41) is 3.53. The molecule has 126 valence electrons. The number of H-pyrrole nitrogens is 1. The number of aromatic amines is 1. The van der Waals surface area contributed by atoms with Gasteiger partial charge >= 0.3 is 0 Å². The van der Waals surface area contributed by atoms with Crippen molar-refractivity contribution in [1.29, 1.82) is 0 Å². The van der Waals surface area contributed by atoms with Crippen LogP contribution in [0.4, 0.5) is 0 Å². The highest BCUT2D eigenvalue weighted by Gasteiger charge is 2.09. The van der Waals surface area contributed by atoms with E-state index in [9.17, 15) is 4.79 Å². The number of halogens is 3. The van der Waals surface area contributed by atoms with Crippen LogP contribution in [0.1, 0.15) is 11.4 Å². The smallest absolute Gasteiger partial charge is 0.207 e. The molecule has 0 aliphatic rings. The summed E-state index contributed by atoms with van der Waals surface area (Å²) in [4.78, 5) is 16.3. The third-order valence-corrected chi connectivity index (χ3v) is 3.81. The number of benzene rings is 1. The number of ether oxygens (including phenoxy) is 2. The fourth-order valence-electron chi connectivity index (χ4n) is 1.58. The number of hydrogen-bond donors (Lipinski definition) is 2. The predicted octanol–water partition coefficient (Wildman–Crippen LogP) is 3.63. The van der Waals surface area contributed by atoms with Gasteiger partial charge in [0.25, 0.3) is 0 Å². The van der Waals surface area contributed by atoms with Gasteiger partial charge in [-0.05, 0) is 18.6 Å². The Balaban J connectivity index is 0.000000231. The van der Waals surface area contributed by atoms with Crippen LogP contribution in [0.25, 0.3) is 0 Å². The van der Waals surface area contributed by atoms with Crippen LogP contribution in [0.5, 0.6) is 11.5 Å². The molecule has 6 nitrogen and oxygen atoms in total. The van der Waals surface area contributed by atoms with Crippen molar-refractivity contribution in [3.05, 3.63) is 38.8 Å². The van der Waals surface area contributed by atoms with Gasteiger partial charge in [0.2, 0.25) is 6.41 Å². The van der Waals surface area contributed by atoms with Crippen LogP contribution < -0.4 is 14.8 Å². The van der Waals surface area contributed by atoms with Crippen molar-refractivity contribution >= 4 is 41.2 Å². The molecule has 0 atom stereocenters. The van der Waals surface area contributed by atoms with E-state index < -0.39 is 0 Å². The Bertz CT molecular complexity index is 643. The molecule has 0 fully saturated rings. The molecule has 0 bridgehead atoms. The fourth-order valence-corrected chi connectivity index (χ4v) is 2.12. The number of aromatic nitrogens is 2. The van der Waals surface area contributed by atoms with Crippen molar-refractivity contribution in [3.63, 3.8) is 0 Å². The molecule has 1 aromatic carbocycles. The Morgan fingerprint density at radius 3 is 2.43 bits per heavy atom. The summed E-state index contributed by atoms with van der Waals surface area (Å²) in [6, 6.07) is 3.73. The first-order chi connectivity index (χ1) is 10.9. The van der Waals surface area contributed by atoms with E-state index in [2.05, 4.69) is 15.3 Å². The number of rotatable bonds is 5. The summed E-state index contributed by atoms with van der Waals surface area (Å²) in [5.74, 6) is 1.79. The Kier molecular flexibility index (Phi) is 8.02. The molecule has 2 rings (SSSR count). The number of imidazole rings is 1. The van der Waals surface area contributed by atoms with Crippen LogP contribution in [0.3, 0.4) is 0 Å². The summed E-state index contributed by atoms with van der Waals surface area (Å²) < 4.78 is 10.2. The van der Waals surface area contributed by atoms with Crippen LogP contribution in [-0.2, 0) is 11.3 Å². The topological polar surface area (TPSA) is 76.2 Å². The quantitative estimate of drug-likeness (QED) is 0.777. The van der Waals surface area contributed by atoms with Gasteiger partial charge in [0.15, 0.2) is 16.7 Å². The first-order valence-corrected chi connectivity index (χ1v) is 7.51. The molecule has 1 heterocycles. The van der Waals surface area contributed by atoms with E-state index in [1.165, 1.54) is 0 Å². The van der Waals surface area contributed by atoms with Crippen molar-refractivity contribution in [3.8, 4) is 11.5 Å². The Morgan fingerprint density at radius 2 is 1.96 bits per heavy atom. The molecular formula is C14H16Cl3N3O3. The number of carbonyl (C=O) groups is 1. The fraction of sp³-hybridized carbons (Fsp3) is 0.286. The maximum atomic E-state index is 9.85. The van der Waals surface area contributed by atoms with Crippen molar-refractivity contribution in [2.24, 2.45) is 0 Å². The second-order valence-corrected chi connectivity index (χ2v) is 5.33. The number of amides is 1. The van der Waals surface area contributed by atoms with Gasteiger partial charge in [-0.1, -0.05) is 40.9 Å². The van der Waals surface area contributed by atoms with Gasteiger partial charge in [0.1, 0.15) is 11.0 Å². The molecular weight excluding hydrogens is 365 g/mol. The second-order valence-electron chi connectivity index (χ2n) is 4.22. The van der Waals surface area contributed by atoms with E-state index >= 15 is 0 Å². The summed E-state index contributed by atoms with van der Waals surface area (Å²) in [6.45, 7) is 2.22. The third kappa shape index (κ3) is 5.49. The van der Waals surface area contributed by atoms with Crippen LogP contribution in [0.15, 0.2) is 12.1 Å². The number of carbonyl (C=O) groups excluding carboxylic acids is 1. The predicted molar refractivity (Wildman–Crippen MR) is 90.8 cm³/mol. The highest BCUT2D eigenvalue weighted by atomic mass is 35.5. The van der Waals surface area contributed by atoms with Crippen molar-refractivity contribution in [1.82, 2.24) is 15.3 Å². The molecule has 23 heavy (non-hydrogen) atoms. The molecule has 0 radical (unpaired) electrons. The maximum absolute atomic E-state index is 9.85. The van der Waals surface area contributed by atoms with Gasteiger partial charge in [0, 0.05) is 0 Å². The molecule has 2 aromatic rings. The molecule has 2 N–H and O–H groups in total. The van der Waals surface area contributed by atoms with Crippen molar-refractivity contribution in [2.75, 3.05) is 14.2 Å². The lowest BCUT2D eigenvalue weighted by atomic mass is 10.2. The Hall–Kier alpha value is -1.63. The molecule has 0 saturated carbocycles. The van der Waals surface area contributed by atoms with Gasteiger partial charge in [-0.15, -0.1) is 0 Å². The van der Waals surface area contributed by atoms with E-state index in [-0.39, 0.29) is 10.3 Å². The van der Waals surface area contributed by atoms with Gasteiger partial charge in [-0.3, -0.25) is 4.79 Å². The van der Waals surface area contributed by atoms with Gasteiger partial charge in [-0.2, -0.15) is 0 Å². The summed E-state index contributed by atoms with van der Waals surface area (Å²) in [6.07, 6.45) is 0.574. The monoisotopic (exact) mass is 379 g/mol. The highest BCUT2D eigenvalue weighted by Crippen LogP contribution is 2.36. The zero-order chi connectivity index (χ0) is 17.4. The average molecular weight is 381 g/mol. The van der Waals surface area contributed by atoms with Gasteiger partial charge < -0.3 is 19.8 Å². The molecule has 0 unspecified atom stereocenters. The first-order valence-electron chi connectivity index (χ1n) is 6.38. The van der Waals surface area contributed by atoms with Crippen molar-refractivity contribution < 1.29 is 14.3 Å². The summed E-state index contributed by atoms with van der Waals surface area (Å²) in [5.41, 5.74) is 0.981. The number of aryl methyl sites for hydroxylation is 1. The molecule has 0 saturated heterocycles. The summed E-state index contributed by atoms with van der Waals surface area (Å²) >= 11 is 17.0. The second kappa shape index (κ2) is 9.50. The molecule has 0 spiro atoms. The number of methoxy groups -OCH3 is 2.